The van der Waals surface area contributed by atoms with Crippen LogP contribution < -0.4 is 9.47 Å². The maximum absolute atomic E-state index is 13.4. The molecular weight excluding hydrogens is 390 g/mol. The number of ether oxygens (including phenoxy) is 2. The van der Waals surface area contributed by atoms with Crippen LogP contribution in [0, 0.1) is 5.92 Å². The summed E-state index contributed by atoms with van der Waals surface area (Å²) in [4.78, 5) is 10.9. The largest absolute Gasteiger partial charge is 0.497 e. The molecule has 2 aromatic carbocycles. The lowest BCUT2D eigenvalue weighted by Crippen LogP contribution is -2.39. The fourth-order valence-electron chi connectivity index (χ4n) is 2.98. The van der Waals surface area contributed by atoms with E-state index in [0.717, 1.165) is 17.4 Å². The fourth-order valence-corrected chi connectivity index (χ4v) is 4.80. The van der Waals surface area contributed by atoms with Gasteiger partial charge in [-0.1, -0.05) is 31.2 Å². The van der Waals surface area contributed by atoms with Crippen LogP contribution in [0.3, 0.4) is 0 Å². The van der Waals surface area contributed by atoms with E-state index in [1.54, 1.807) is 28.1 Å². The first-order valence-electron chi connectivity index (χ1n) is 9.50. The molecule has 29 heavy (non-hydrogen) atoms. The summed E-state index contributed by atoms with van der Waals surface area (Å²) in [6, 6.07) is 14.7. The van der Waals surface area contributed by atoms with Crippen molar-refractivity contribution in [2.75, 3.05) is 14.2 Å². The van der Waals surface area contributed by atoms with Crippen LogP contribution in [0.2, 0.25) is 0 Å². The molecule has 158 valence electrons. The van der Waals surface area contributed by atoms with Gasteiger partial charge in [0.05, 0.1) is 19.5 Å². The third-order valence-electron chi connectivity index (χ3n) is 5.14. The Balaban J connectivity index is 2.32. The Labute approximate surface area is 173 Å². The minimum absolute atomic E-state index is 0.208. The summed E-state index contributed by atoms with van der Waals surface area (Å²) in [6.07, 6.45) is 0.979. The molecular formula is C22H29NO5S. The first-order chi connectivity index (χ1) is 13.8. The van der Waals surface area contributed by atoms with Gasteiger partial charge in [-0.05, 0) is 48.2 Å². The minimum atomic E-state index is -3.64. The first-order valence-corrected chi connectivity index (χ1v) is 11.0. The normalized spacial score (nSPS) is 13.7. The average Bonchev–Trinajstić information content (AvgIpc) is 2.73. The molecule has 7 heteroatoms. The highest BCUT2D eigenvalue weighted by atomic mass is 32.2. The number of carbonyl (C=O) groups is 1. The van der Waals surface area contributed by atoms with Crippen LogP contribution in [0.1, 0.15) is 31.4 Å². The molecule has 2 rings (SSSR count). The highest BCUT2D eigenvalue weighted by Crippen LogP contribution is 2.24. The topological polar surface area (TPSA) is 72.9 Å². The van der Waals surface area contributed by atoms with Crippen LogP contribution in [0.5, 0.6) is 11.5 Å². The lowest BCUT2D eigenvalue weighted by Gasteiger charge is -2.28. The molecule has 0 unspecified atom stereocenters. The third-order valence-corrected chi connectivity index (χ3v) is 7.52. The maximum atomic E-state index is 13.4. The SMILES string of the molecule is COc1ccc(CN(Cc2ccc(OC)cc2)S(=O)(=O)[C@H](C)[C@@H](C)CC=O)cc1. The summed E-state index contributed by atoms with van der Waals surface area (Å²) in [5.74, 6) is 1.16. The van der Waals surface area contributed by atoms with Gasteiger partial charge in [0.25, 0.3) is 0 Å². The van der Waals surface area contributed by atoms with Gasteiger partial charge >= 0.3 is 0 Å². The molecule has 0 radical (unpaired) electrons. The molecule has 0 N–H and O–H groups in total. The van der Waals surface area contributed by atoms with Crippen LogP contribution in [0.15, 0.2) is 48.5 Å². The third kappa shape index (κ3) is 6.05. The van der Waals surface area contributed by atoms with E-state index in [1.807, 2.05) is 48.5 Å². The van der Waals surface area contributed by atoms with Crippen molar-refractivity contribution < 1.29 is 22.7 Å². The molecule has 0 heterocycles. The van der Waals surface area contributed by atoms with E-state index >= 15 is 0 Å². The van der Waals surface area contributed by atoms with Crippen molar-refractivity contribution >= 4 is 16.3 Å². The van der Waals surface area contributed by atoms with Crippen LogP contribution in [0.25, 0.3) is 0 Å². The molecule has 6 nitrogen and oxygen atoms in total. The second kappa shape index (κ2) is 10.4. The van der Waals surface area contributed by atoms with Crippen molar-refractivity contribution in [1.29, 1.82) is 0 Å². The Morgan fingerprint density at radius 2 is 1.28 bits per heavy atom. The van der Waals surface area contributed by atoms with Crippen LogP contribution in [-0.2, 0) is 27.9 Å². The van der Waals surface area contributed by atoms with Gasteiger partial charge in [0.15, 0.2) is 0 Å². The van der Waals surface area contributed by atoms with Crippen LogP contribution >= 0.6 is 0 Å². The summed E-state index contributed by atoms with van der Waals surface area (Å²) in [5.41, 5.74) is 1.72. The van der Waals surface area contributed by atoms with Gasteiger partial charge in [-0.25, -0.2) is 8.42 Å². The number of sulfonamides is 1. The van der Waals surface area contributed by atoms with Crippen molar-refractivity contribution in [3.8, 4) is 11.5 Å². The zero-order valence-electron chi connectivity index (χ0n) is 17.4. The van der Waals surface area contributed by atoms with Gasteiger partial charge in [-0.3, -0.25) is 0 Å². The smallest absolute Gasteiger partial charge is 0.217 e. The second-order valence-corrected chi connectivity index (χ2v) is 9.38. The van der Waals surface area contributed by atoms with Crippen molar-refractivity contribution in [3.05, 3.63) is 59.7 Å². The molecule has 0 fully saturated rings. The highest BCUT2D eigenvalue weighted by Gasteiger charge is 2.32. The number of aldehydes is 1. The zero-order chi connectivity index (χ0) is 21.4. The average molecular weight is 420 g/mol. The van der Waals surface area contributed by atoms with Gasteiger partial charge in [0.1, 0.15) is 17.8 Å². The van der Waals surface area contributed by atoms with Gasteiger partial charge in [0.2, 0.25) is 10.0 Å². The van der Waals surface area contributed by atoms with Gasteiger partial charge in [-0.2, -0.15) is 4.31 Å². The number of carbonyl (C=O) groups excluding carboxylic acids is 1. The standard InChI is InChI=1S/C22H29NO5S/c1-17(13-14-24)18(2)29(25,26)23(15-19-5-9-21(27-3)10-6-19)16-20-7-11-22(28-4)12-8-20/h5-12,14,17-18H,13,15-16H2,1-4H3/t17-,18+/m0/s1. The Kier molecular flexibility index (Phi) is 8.22. The van der Waals surface area contributed by atoms with Crippen molar-refractivity contribution in [2.45, 2.75) is 38.6 Å². The number of rotatable bonds is 11. The predicted octanol–water partition coefficient (Wildman–Crippen LogP) is 3.65. The molecule has 0 bridgehead atoms. The molecule has 0 aliphatic heterocycles. The molecule has 0 aromatic heterocycles. The predicted molar refractivity (Wildman–Crippen MR) is 113 cm³/mol. The van der Waals surface area contributed by atoms with E-state index in [2.05, 4.69) is 0 Å². The molecule has 0 aliphatic rings. The lowest BCUT2D eigenvalue weighted by molar-refractivity contribution is -0.108. The summed E-state index contributed by atoms with van der Waals surface area (Å²) in [7, 11) is -0.461. The van der Waals surface area contributed by atoms with Crippen LogP contribution in [-0.4, -0.2) is 38.5 Å². The molecule has 2 aromatic rings. The number of nitrogens with zero attached hydrogens (tertiary/aromatic N) is 1. The van der Waals surface area contributed by atoms with E-state index in [0.29, 0.717) is 11.5 Å². The zero-order valence-corrected chi connectivity index (χ0v) is 18.2. The molecule has 0 amide bonds. The van der Waals surface area contributed by atoms with Gasteiger partial charge in [-0.15, -0.1) is 0 Å². The Hall–Kier alpha value is -2.38. The van der Waals surface area contributed by atoms with E-state index in [9.17, 15) is 13.2 Å². The van der Waals surface area contributed by atoms with Crippen LogP contribution in [0.4, 0.5) is 0 Å². The fraction of sp³-hybridized carbons (Fsp3) is 0.409. The van der Waals surface area contributed by atoms with Gasteiger partial charge < -0.3 is 14.3 Å². The van der Waals surface area contributed by atoms with E-state index in [1.165, 1.54) is 4.31 Å². The van der Waals surface area contributed by atoms with Gasteiger partial charge in [0, 0.05) is 19.5 Å². The summed E-state index contributed by atoms with van der Waals surface area (Å²) in [6.45, 7) is 3.92. The monoisotopic (exact) mass is 419 g/mol. The molecule has 0 saturated heterocycles. The van der Waals surface area contributed by atoms with Crippen molar-refractivity contribution in [2.24, 2.45) is 5.92 Å². The number of hydrogen-bond acceptors (Lipinski definition) is 5. The first kappa shape index (κ1) is 22.9. The Bertz CT molecular complexity index is 829. The molecule has 2 atom stereocenters. The Morgan fingerprint density at radius 3 is 1.62 bits per heavy atom. The lowest BCUT2D eigenvalue weighted by atomic mass is 10.1. The maximum Gasteiger partial charge on any atom is 0.217 e. The number of benzene rings is 2. The summed E-state index contributed by atoms with van der Waals surface area (Å²) >= 11 is 0. The highest BCUT2D eigenvalue weighted by molar-refractivity contribution is 7.89. The molecule has 0 saturated carbocycles. The number of methoxy groups -OCH3 is 2. The van der Waals surface area contributed by atoms with E-state index in [4.69, 9.17) is 9.47 Å². The molecule has 0 spiro atoms. The van der Waals surface area contributed by atoms with Crippen molar-refractivity contribution in [1.82, 2.24) is 4.31 Å². The number of hydrogen-bond donors (Lipinski definition) is 0. The Morgan fingerprint density at radius 1 is 0.862 bits per heavy atom. The van der Waals surface area contributed by atoms with E-state index in [-0.39, 0.29) is 25.4 Å². The van der Waals surface area contributed by atoms with E-state index < -0.39 is 15.3 Å². The molecule has 0 aliphatic carbocycles. The van der Waals surface area contributed by atoms with Crippen molar-refractivity contribution in [3.63, 3.8) is 0 Å². The summed E-state index contributed by atoms with van der Waals surface area (Å²) < 4.78 is 38.6. The summed E-state index contributed by atoms with van der Waals surface area (Å²) in [5, 5.41) is -0.677. The minimum Gasteiger partial charge on any atom is -0.497 e. The quantitative estimate of drug-likeness (QED) is 0.520. The second-order valence-electron chi connectivity index (χ2n) is 7.09.